The van der Waals surface area contributed by atoms with Gasteiger partial charge in [-0.25, -0.2) is 0 Å². The Morgan fingerprint density at radius 3 is 2.50 bits per heavy atom. The van der Waals surface area contributed by atoms with Gasteiger partial charge in [0.1, 0.15) is 5.69 Å². The summed E-state index contributed by atoms with van der Waals surface area (Å²) in [4.78, 5) is 12.3. The van der Waals surface area contributed by atoms with Crippen molar-refractivity contribution in [2.75, 3.05) is 0 Å². The number of hydrogen-bond acceptors (Lipinski definition) is 4. The van der Waals surface area contributed by atoms with Gasteiger partial charge >= 0.3 is 0 Å². The quantitative estimate of drug-likeness (QED) is 0.749. The number of primary amides is 1. The largest absolute Gasteiger partial charge is 0.390 e. The molecule has 0 unspecified atom stereocenters. The molecule has 16 heavy (non-hydrogen) atoms. The maximum atomic E-state index is 11.0. The lowest BCUT2D eigenvalue weighted by molar-refractivity contribution is 0.0992. The second kappa shape index (κ2) is 4.11. The first-order chi connectivity index (χ1) is 7.72. The number of carbonyl (C=O) groups is 1. The van der Waals surface area contributed by atoms with Crippen molar-refractivity contribution in [1.82, 2.24) is 15.0 Å². The molecule has 1 aromatic heterocycles. The number of amides is 1. The lowest BCUT2D eigenvalue weighted by atomic mass is 10.3. The summed E-state index contributed by atoms with van der Waals surface area (Å²) in [6.45, 7) is -0.370. The van der Waals surface area contributed by atoms with Crippen molar-refractivity contribution in [3.05, 3.63) is 41.7 Å². The molecule has 1 amide bonds. The van der Waals surface area contributed by atoms with Gasteiger partial charge in [0.25, 0.3) is 5.91 Å². The number of nitrogens with zero attached hydrogens (tertiary/aromatic N) is 3. The van der Waals surface area contributed by atoms with Crippen LogP contribution < -0.4 is 5.73 Å². The average Bonchev–Trinajstić information content (AvgIpc) is 2.74. The van der Waals surface area contributed by atoms with Crippen molar-refractivity contribution in [2.45, 2.75) is 6.61 Å². The third kappa shape index (κ3) is 1.78. The lowest BCUT2D eigenvalue weighted by Gasteiger charge is -1.96. The van der Waals surface area contributed by atoms with Crippen molar-refractivity contribution >= 4 is 5.91 Å². The van der Waals surface area contributed by atoms with Gasteiger partial charge in [0.2, 0.25) is 0 Å². The van der Waals surface area contributed by atoms with Crippen LogP contribution in [-0.2, 0) is 6.61 Å². The Morgan fingerprint density at radius 1 is 1.31 bits per heavy atom. The van der Waals surface area contributed by atoms with Crippen LogP contribution in [0.4, 0.5) is 0 Å². The predicted molar refractivity (Wildman–Crippen MR) is 55.8 cm³/mol. The summed E-state index contributed by atoms with van der Waals surface area (Å²) < 4.78 is 0. The monoisotopic (exact) mass is 218 g/mol. The Labute approximate surface area is 91.3 Å². The second-order valence-corrected chi connectivity index (χ2v) is 3.14. The number of aromatic nitrogens is 3. The van der Waals surface area contributed by atoms with Gasteiger partial charge in [0, 0.05) is 0 Å². The van der Waals surface area contributed by atoms with E-state index in [0.29, 0.717) is 5.69 Å². The van der Waals surface area contributed by atoms with E-state index < -0.39 is 5.91 Å². The first-order valence-corrected chi connectivity index (χ1v) is 4.64. The van der Waals surface area contributed by atoms with E-state index in [-0.39, 0.29) is 18.0 Å². The Hall–Kier alpha value is -2.21. The summed E-state index contributed by atoms with van der Waals surface area (Å²) in [7, 11) is 0. The third-order valence-electron chi connectivity index (χ3n) is 2.05. The van der Waals surface area contributed by atoms with Crippen LogP contribution in [0.15, 0.2) is 30.3 Å². The molecule has 0 atom stereocenters. The number of rotatable bonds is 3. The van der Waals surface area contributed by atoms with Gasteiger partial charge in [-0.15, -0.1) is 10.2 Å². The molecule has 1 heterocycles. The fraction of sp³-hybridized carbons (Fsp3) is 0.100. The average molecular weight is 218 g/mol. The SMILES string of the molecule is NC(=O)c1nn(-c2ccccc2)nc1CO. The van der Waals surface area contributed by atoms with E-state index in [2.05, 4.69) is 10.2 Å². The molecule has 0 saturated heterocycles. The van der Waals surface area contributed by atoms with E-state index in [1.807, 2.05) is 18.2 Å². The van der Waals surface area contributed by atoms with E-state index in [1.54, 1.807) is 12.1 Å². The minimum atomic E-state index is -0.703. The Bertz CT molecular complexity index is 507. The molecule has 2 rings (SSSR count). The number of aliphatic hydroxyl groups excluding tert-OH is 1. The van der Waals surface area contributed by atoms with Crippen molar-refractivity contribution in [3.8, 4) is 5.69 Å². The summed E-state index contributed by atoms with van der Waals surface area (Å²) in [5.41, 5.74) is 5.98. The molecular weight excluding hydrogens is 208 g/mol. The second-order valence-electron chi connectivity index (χ2n) is 3.14. The highest BCUT2D eigenvalue weighted by molar-refractivity contribution is 5.91. The molecule has 1 aromatic carbocycles. The highest BCUT2D eigenvalue weighted by Gasteiger charge is 2.15. The minimum Gasteiger partial charge on any atom is -0.390 e. The van der Waals surface area contributed by atoms with Crippen LogP contribution in [0.2, 0.25) is 0 Å². The first kappa shape index (κ1) is 10.3. The van der Waals surface area contributed by atoms with Gasteiger partial charge in [-0.2, -0.15) is 4.80 Å². The molecular formula is C10H10N4O2. The molecule has 0 spiro atoms. The lowest BCUT2D eigenvalue weighted by Crippen LogP contribution is -2.14. The van der Waals surface area contributed by atoms with E-state index in [1.165, 1.54) is 4.80 Å². The van der Waals surface area contributed by atoms with Crippen molar-refractivity contribution in [3.63, 3.8) is 0 Å². The predicted octanol–water partition coefficient (Wildman–Crippen LogP) is -0.142. The fourth-order valence-corrected chi connectivity index (χ4v) is 1.31. The third-order valence-corrected chi connectivity index (χ3v) is 2.05. The zero-order valence-electron chi connectivity index (χ0n) is 8.37. The van der Waals surface area contributed by atoms with Gasteiger partial charge in [0.05, 0.1) is 12.3 Å². The highest BCUT2D eigenvalue weighted by atomic mass is 16.3. The molecule has 2 aromatic rings. The number of nitrogens with two attached hydrogens (primary N) is 1. The zero-order chi connectivity index (χ0) is 11.5. The Kier molecular flexibility index (Phi) is 2.65. The van der Waals surface area contributed by atoms with E-state index >= 15 is 0 Å². The van der Waals surface area contributed by atoms with Gasteiger partial charge in [0.15, 0.2) is 5.69 Å². The molecule has 0 fully saturated rings. The molecule has 0 radical (unpaired) electrons. The number of para-hydroxylation sites is 1. The molecule has 0 aliphatic rings. The van der Waals surface area contributed by atoms with Gasteiger partial charge in [-0.05, 0) is 12.1 Å². The highest BCUT2D eigenvalue weighted by Crippen LogP contribution is 2.08. The Balaban J connectivity index is 2.48. The maximum Gasteiger partial charge on any atom is 0.271 e. The van der Waals surface area contributed by atoms with Gasteiger partial charge in [-0.1, -0.05) is 18.2 Å². The summed E-state index contributed by atoms with van der Waals surface area (Å²) in [6.07, 6.45) is 0. The summed E-state index contributed by atoms with van der Waals surface area (Å²) in [5.74, 6) is -0.703. The summed E-state index contributed by atoms with van der Waals surface area (Å²) in [6, 6.07) is 9.06. The topological polar surface area (TPSA) is 94.0 Å². The van der Waals surface area contributed by atoms with Crippen LogP contribution in [0.1, 0.15) is 16.2 Å². The standard InChI is InChI=1S/C10H10N4O2/c11-10(16)9-8(6-15)12-14(13-9)7-4-2-1-3-5-7/h1-5,15H,6H2,(H2,11,16). The molecule has 6 nitrogen and oxygen atoms in total. The minimum absolute atomic E-state index is 0.00801. The van der Waals surface area contributed by atoms with Gasteiger partial charge in [-0.3, -0.25) is 4.79 Å². The molecule has 82 valence electrons. The smallest absolute Gasteiger partial charge is 0.271 e. The van der Waals surface area contributed by atoms with Crippen LogP contribution in [0.3, 0.4) is 0 Å². The molecule has 3 N–H and O–H groups in total. The first-order valence-electron chi connectivity index (χ1n) is 4.64. The number of carbonyl (C=O) groups excluding carboxylic acids is 1. The summed E-state index contributed by atoms with van der Waals surface area (Å²) in [5, 5.41) is 16.9. The normalized spacial score (nSPS) is 10.3. The van der Waals surface area contributed by atoms with Crippen LogP contribution in [-0.4, -0.2) is 26.0 Å². The number of benzene rings is 1. The van der Waals surface area contributed by atoms with Gasteiger partial charge < -0.3 is 10.8 Å². The maximum absolute atomic E-state index is 11.0. The molecule has 0 bridgehead atoms. The number of aliphatic hydroxyl groups is 1. The number of hydrogen-bond donors (Lipinski definition) is 2. The fourth-order valence-electron chi connectivity index (χ4n) is 1.31. The molecule has 0 saturated carbocycles. The van der Waals surface area contributed by atoms with Crippen LogP contribution in [0.25, 0.3) is 5.69 Å². The molecule has 0 aliphatic carbocycles. The molecule has 6 heteroatoms. The van der Waals surface area contributed by atoms with Crippen LogP contribution in [0, 0.1) is 0 Å². The van der Waals surface area contributed by atoms with Crippen LogP contribution >= 0.6 is 0 Å². The van der Waals surface area contributed by atoms with Crippen LogP contribution in [0.5, 0.6) is 0 Å². The summed E-state index contributed by atoms with van der Waals surface area (Å²) >= 11 is 0. The van der Waals surface area contributed by atoms with E-state index in [0.717, 1.165) is 0 Å². The Morgan fingerprint density at radius 2 is 2.00 bits per heavy atom. The zero-order valence-corrected chi connectivity index (χ0v) is 8.37. The van der Waals surface area contributed by atoms with Crippen molar-refractivity contribution < 1.29 is 9.90 Å². The van der Waals surface area contributed by atoms with Crippen molar-refractivity contribution in [1.29, 1.82) is 0 Å². The van der Waals surface area contributed by atoms with Crippen molar-refractivity contribution in [2.24, 2.45) is 5.73 Å². The van der Waals surface area contributed by atoms with E-state index in [4.69, 9.17) is 10.8 Å². The molecule has 0 aliphatic heterocycles. The van der Waals surface area contributed by atoms with E-state index in [9.17, 15) is 4.79 Å².